The van der Waals surface area contributed by atoms with E-state index in [2.05, 4.69) is 35.2 Å². The Morgan fingerprint density at radius 1 is 1.00 bits per heavy atom. The van der Waals surface area contributed by atoms with E-state index in [4.69, 9.17) is 5.73 Å². The lowest BCUT2D eigenvalue weighted by Gasteiger charge is -2.17. The SMILES string of the molecule is NC1CCCc2cn(Cc3ccc4c(c3)CCC4)cc21. The Labute approximate surface area is 120 Å². The first-order chi connectivity index (χ1) is 9.79. The first-order valence-electron chi connectivity index (χ1n) is 7.84. The fourth-order valence-corrected chi connectivity index (χ4v) is 3.81. The number of aryl methyl sites for hydroxylation is 3. The lowest BCUT2D eigenvalue weighted by molar-refractivity contribution is 0.573. The molecule has 1 aromatic carbocycles. The van der Waals surface area contributed by atoms with Crippen LogP contribution in [0.5, 0.6) is 0 Å². The first kappa shape index (κ1) is 12.2. The molecule has 0 saturated heterocycles. The third-order valence-electron chi connectivity index (χ3n) is 4.89. The lowest BCUT2D eigenvalue weighted by atomic mass is 9.92. The predicted molar refractivity (Wildman–Crippen MR) is 81.9 cm³/mol. The van der Waals surface area contributed by atoms with Crippen molar-refractivity contribution in [3.8, 4) is 0 Å². The molecule has 0 radical (unpaired) electrons. The van der Waals surface area contributed by atoms with Gasteiger partial charge in [0, 0.05) is 25.0 Å². The molecule has 1 atom stereocenters. The molecule has 0 aliphatic heterocycles. The van der Waals surface area contributed by atoms with E-state index in [1.54, 1.807) is 11.1 Å². The van der Waals surface area contributed by atoms with Crippen LogP contribution in [-0.2, 0) is 25.8 Å². The van der Waals surface area contributed by atoms with Gasteiger partial charge in [-0.3, -0.25) is 0 Å². The number of nitrogens with zero attached hydrogens (tertiary/aromatic N) is 1. The Morgan fingerprint density at radius 3 is 2.75 bits per heavy atom. The Balaban J connectivity index is 1.60. The van der Waals surface area contributed by atoms with Crippen molar-refractivity contribution in [1.82, 2.24) is 4.57 Å². The molecule has 1 heterocycles. The summed E-state index contributed by atoms with van der Waals surface area (Å²) in [5, 5.41) is 0. The minimum Gasteiger partial charge on any atom is -0.349 e. The third-order valence-corrected chi connectivity index (χ3v) is 4.89. The van der Waals surface area contributed by atoms with Crippen molar-refractivity contribution in [3.05, 3.63) is 58.4 Å². The molecule has 0 saturated carbocycles. The van der Waals surface area contributed by atoms with Crippen molar-refractivity contribution in [2.24, 2.45) is 5.73 Å². The van der Waals surface area contributed by atoms with E-state index in [-0.39, 0.29) is 6.04 Å². The van der Waals surface area contributed by atoms with E-state index >= 15 is 0 Å². The van der Waals surface area contributed by atoms with Crippen molar-refractivity contribution < 1.29 is 0 Å². The molecule has 1 unspecified atom stereocenters. The smallest absolute Gasteiger partial charge is 0.0470 e. The topological polar surface area (TPSA) is 30.9 Å². The summed E-state index contributed by atoms with van der Waals surface area (Å²) in [5.74, 6) is 0. The Hall–Kier alpha value is -1.54. The predicted octanol–water partition coefficient (Wildman–Crippen LogP) is 3.36. The summed E-state index contributed by atoms with van der Waals surface area (Å²) in [7, 11) is 0. The minimum atomic E-state index is 0.250. The normalized spacial score (nSPS) is 20.8. The van der Waals surface area contributed by atoms with Gasteiger partial charge < -0.3 is 10.3 Å². The average molecular weight is 266 g/mol. The summed E-state index contributed by atoms with van der Waals surface area (Å²) in [4.78, 5) is 0. The summed E-state index contributed by atoms with van der Waals surface area (Å²) in [5.41, 5.74) is 13.6. The van der Waals surface area contributed by atoms with Gasteiger partial charge in [-0.15, -0.1) is 0 Å². The molecular weight excluding hydrogens is 244 g/mol. The molecule has 0 fully saturated rings. The van der Waals surface area contributed by atoms with Gasteiger partial charge in [-0.2, -0.15) is 0 Å². The van der Waals surface area contributed by atoms with Crippen LogP contribution in [0.2, 0.25) is 0 Å². The van der Waals surface area contributed by atoms with E-state index in [0.29, 0.717) is 0 Å². The highest BCUT2D eigenvalue weighted by atomic mass is 14.9. The van der Waals surface area contributed by atoms with Crippen LogP contribution in [0.15, 0.2) is 30.6 Å². The molecule has 2 N–H and O–H groups in total. The van der Waals surface area contributed by atoms with E-state index < -0.39 is 0 Å². The summed E-state index contributed by atoms with van der Waals surface area (Å²) in [6, 6.07) is 7.27. The monoisotopic (exact) mass is 266 g/mol. The van der Waals surface area contributed by atoms with E-state index in [1.165, 1.54) is 48.8 Å². The number of rotatable bonds is 2. The Morgan fingerprint density at radius 2 is 1.85 bits per heavy atom. The molecule has 2 heteroatoms. The van der Waals surface area contributed by atoms with Crippen molar-refractivity contribution in [3.63, 3.8) is 0 Å². The van der Waals surface area contributed by atoms with Gasteiger partial charge in [0.05, 0.1) is 0 Å². The van der Waals surface area contributed by atoms with Crippen molar-refractivity contribution in [1.29, 1.82) is 0 Å². The average Bonchev–Trinajstić information content (AvgIpc) is 3.05. The maximum Gasteiger partial charge on any atom is 0.0470 e. The highest BCUT2D eigenvalue weighted by molar-refractivity contribution is 5.36. The maximum absolute atomic E-state index is 6.21. The summed E-state index contributed by atoms with van der Waals surface area (Å²) in [6.07, 6.45) is 12.0. The first-order valence-corrected chi connectivity index (χ1v) is 7.84. The Kier molecular flexibility index (Phi) is 2.92. The van der Waals surface area contributed by atoms with Crippen molar-refractivity contribution >= 4 is 0 Å². The molecule has 0 amide bonds. The molecule has 1 aromatic heterocycles. The van der Waals surface area contributed by atoms with Gasteiger partial charge >= 0.3 is 0 Å². The molecule has 2 aliphatic carbocycles. The second-order valence-electron chi connectivity index (χ2n) is 6.37. The highest BCUT2D eigenvalue weighted by Gasteiger charge is 2.19. The van der Waals surface area contributed by atoms with Crippen molar-refractivity contribution in [2.75, 3.05) is 0 Å². The second kappa shape index (κ2) is 4.78. The number of hydrogen-bond donors (Lipinski definition) is 1. The van der Waals surface area contributed by atoms with Crippen LogP contribution in [0.3, 0.4) is 0 Å². The van der Waals surface area contributed by atoms with Crippen LogP contribution in [-0.4, -0.2) is 4.57 Å². The van der Waals surface area contributed by atoms with E-state index in [0.717, 1.165) is 13.0 Å². The number of hydrogen-bond acceptors (Lipinski definition) is 1. The molecule has 0 spiro atoms. The van der Waals surface area contributed by atoms with E-state index in [9.17, 15) is 0 Å². The van der Waals surface area contributed by atoms with Crippen LogP contribution < -0.4 is 5.73 Å². The summed E-state index contributed by atoms with van der Waals surface area (Å²) >= 11 is 0. The number of aromatic nitrogens is 1. The van der Waals surface area contributed by atoms with Gasteiger partial charge in [0.1, 0.15) is 0 Å². The zero-order chi connectivity index (χ0) is 13.5. The Bertz CT molecular complexity index is 639. The molecular formula is C18H22N2. The quantitative estimate of drug-likeness (QED) is 0.887. The highest BCUT2D eigenvalue weighted by Crippen LogP contribution is 2.29. The van der Waals surface area contributed by atoms with Crippen LogP contribution in [0.1, 0.15) is 53.1 Å². The van der Waals surface area contributed by atoms with Crippen molar-refractivity contribution in [2.45, 2.75) is 51.1 Å². The molecule has 0 bridgehead atoms. The van der Waals surface area contributed by atoms with Gasteiger partial charge in [-0.25, -0.2) is 0 Å². The zero-order valence-corrected chi connectivity index (χ0v) is 11.9. The molecule has 2 aromatic rings. The van der Waals surface area contributed by atoms with E-state index in [1.807, 2.05) is 0 Å². The second-order valence-corrected chi connectivity index (χ2v) is 6.37. The van der Waals surface area contributed by atoms with Gasteiger partial charge in [0.2, 0.25) is 0 Å². The van der Waals surface area contributed by atoms with Gasteiger partial charge in [-0.1, -0.05) is 18.2 Å². The zero-order valence-electron chi connectivity index (χ0n) is 11.9. The van der Waals surface area contributed by atoms with Crippen LogP contribution in [0, 0.1) is 0 Å². The van der Waals surface area contributed by atoms with Crippen LogP contribution >= 0.6 is 0 Å². The molecule has 104 valence electrons. The van der Waals surface area contributed by atoms with Gasteiger partial charge in [0.15, 0.2) is 0 Å². The largest absolute Gasteiger partial charge is 0.349 e. The van der Waals surface area contributed by atoms with Gasteiger partial charge in [0.25, 0.3) is 0 Å². The maximum atomic E-state index is 6.21. The molecule has 2 aliphatic rings. The number of benzene rings is 1. The fraction of sp³-hybridized carbons (Fsp3) is 0.444. The minimum absolute atomic E-state index is 0.250. The molecule has 2 nitrogen and oxygen atoms in total. The lowest BCUT2D eigenvalue weighted by Crippen LogP contribution is -2.15. The third kappa shape index (κ3) is 2.08. The standard InChI is InChI=1S/C18H22N2/c19-18-6-2-5-16-11-20(12-17(16)18)10-13-7-8-14-3-1-4-15(14)9-13/h7-9,11-12,18H,1-6,10,19H2. The number of fused-ring (bicyclic) bond motifs is 2. The van der Waals surface area contributed by atoms with Gasteiger partial charge in [-0.05, 0) is 66.3 Å². The van der Waals surface area contributed by atoms with Crippen LogP contribution in [0.4, 0.5) is 0 Å². The summed E-state index contributed by atoms with van der Waals surface area (Å²) in [6.45, 7) is 0.979. The summed E-state index contributed by atoms with van der Waals surface area (Å²) < 4.78 is 2.33. The fourth-order valence-electron chi connectivity index (χ4n) is 3.81. The van der Waals surface area contributed by atoms with Crippen LogP contribution in [0.25, 0.3) is 0 Å². The molecule has 20 heavy (non-hydrogen) atoms. The number of nitrogens with two attached hydrogens (primary N) is 1. The molecule has 4 rings (SSSR count).